The predicted octanol–water partition coefficient (Wildman–Crippen LogP) is 3.26. The number of hydrogen-bond donors (Lipinski definition) is 0. The molecule has 2 rings (SSSR count). The molecule has 3 nitrogen and oxygen atoms in total. The Labute approximate surface area is 106 Å². The number of fused-ring (bicyclic) bond motifs is 1. The summed E-state index contributed by atoms with van der Waals surface area (Å²) in [6.07, 6.45) is 2.28. The summed E-state index contributed by atoms with van der Waals surface area (Å²) in [5, 5.41) is 0.204. The van der Waals surface area contributed by atoms with Crippen molar-refractivity contribution in [1.82, 2.24) is 4.90 Å². The van der Waals surface area contributed by atoms with Gasteiger partial charge in [0, 0.05) is 11.7 Å². The van der Waals surface area contributed by atoms with Gasteiger partial charge in [0.25, 0.3) is 0 Å². The fourth-order valence-electron chi connectivity index (χ4n) is 3.37. The largest absolute Gasteiger partial charge is 0.444 e. The molecule has 2 fully saturated rings. The first-order valence-electron chi connectivity index (χ1n) is 6.58. The van der Waals surface area contributed by atoms with Crippen LogP contribution >= 0.6 is 0 Å². The molecule has 1 aliphatic carbocycles. The maximum atomic E-state index is 12.3. The molecule has 0 radical (unpaired) electrons. The van der Waals surface area contributed by atoms with E-state index in [1.807, 2.05) is 20.8 Å². The topological polar surface area (TPSA) is 29.5 Å². The molecule has 1 saturated carbocycles. The third-order valence-electron chi connectivity index (χ3n) is 4.17. The van der Waals surface area contributed by atoms with E-state index in [1.165, 1.54) is 12.8 Å². The Bertz CT molecular complexity index is 342. The van der Waals surface area contributed by atoms with Crippen LogP contribution in [0, 0.1) is 5.92 Å². The quantitative estimate of drug-likeness (QED) is 0.673. The number of ether oxygens (including phenoxy) is 1. The van der Waals surface area contributed by atoms with Gasteiger partial charge in [0.2, 0.25) is 0 Å². The highest BCUT2D eigenvalue weighted by molar-refractivity contribution is 6.80. The van der Waals surface area contributed by atoms with Crippen LogP contribution in [0.2, 0.25) is 19.6 Å². The lowest BCUT2D eigenvalue weighted by atomic mass is 10.2. The summed E-state index contributed by atoms with van der Waals surface area (Å²) < 4.78 is 5.55. The van der Waals surface area contributed by atoms with Crippen LogP contribution in [0.25, 0.3) is 0 Å². The van der Waals surface area contributed by atoms with E-state index in [1.54, 1.807) is 0 Å². The van der Waals surface area contributed by atoms with Gasteiger partial charge in [0.15, 0.2) is 0 Å². The zero-order valence-corrected chi connectivity index (χ0v) is 13.0. The minimum atomic E-state index is -1.35. The van der Waals surface area contributed by atoms with Crippen LogP contribution in [0.4, 0.5) is 4.79 Å². The van der Waals surface area contributed by atoms with E-state index in [0.717, 1.165) is 12.5 Å². The van der Waals surface area contributed by atoms with E-state index < -0.39 is 8.07 Å². The van der Waals surface area contributed by atoms with Gasteiger partial charge < -0.3 is 9.64 Å². The average Bonchev–Trinajstić information content (AvgIpc) is 2.69. The van der Waals surface area contributed by atoms with Crippen molar-refractivity contribution in [3.8, 4) is 0 Å². The molecule has 1 saturated heterocycles. The van der Waals surface area contributed by atoms with Gasteiger partial charge in [-0.1, -0.05) is 19.6 Å². The highest BCUT2D eigenvalue weighted by Gasteiger charge is 2.69. The molecule has 0 bridgehead atoms. The summed E-state index contributed by atoms with van der Waals surface area (Å²) in [5.74, 6) is 0.752. The van der Waals surface area contributed by atoms with E-state index in [4.69, 9.17) is 4.74 Å². The summed E-state index contributed by atoms with van der Waals surface area (Å²) in [5.41, 5.74) is -0.384. The SMILES string of the molecule is CC(C)(C)OC(=O)N1CCC2CC21[Si](C)(C)C. The molecule has 0 aromatic rings. The molecule has 2 unspecified atom stereocenters. The van der Waals surface area contributed by atoms with E-state index in [0.29, 0.717) is 0 Å². The summed E-state index contributed by atoms with van der Waals surface area (Å²) in [7, 11) is -1.35. The Balaban J connectivity index is 2.15. The molecule has 2 aliphatic rings. The van der Waals surface area contributed by atoms with Gasteiger partial charge in [0.1, 0.15) is 5.60 Å². The number of piperidine rings is 1. The van der Waals surface area contributed by atoms with Crippen LogP contribution in [0.3, 0.4) is 0 Å². The van der Waals surface area contributed by atoms with E-state index >= 15 is 0 Å². The van der Waals surface area contributed by atoms with E-state index in [-0.39, 0.29) is 16.9 Å². The first-order valence-corrected chi connectivity index (χ1v) is 10.1. The minimum absolute atomic E-state index is 0.0973. The number of likely N-dealkylation sites (tertiary alicyclic amines) is 1. The third kappa shape index (κ3) is 2.00. The molecule has 0 aromatic carbocycles. The van der Waals surface area contributed by atoms with Crippen LogP contribution in [0.15, 0.2) is 0 Å². The highest BCUT2D eigenvalue weighted by atomic mass is 28.3. The van der Waals surface area contributed by atoms with Gasteiger partial charge in [-0.25, -0.2) is 4.79 Å². The third-order valence-corrected chi connectivity index (χ3v) is 7.65. The van der Waals surface area contributed by atoms with Crippen molar-refractivity contribution in [3.05, 3.63) is 0 Å². The number of rotatable bonds is 1. The molecule has 17 heavy (non-hydrogen) atoms. The second-order valence-corrected chi connectivity index (χ2v) is 12.9. The summed E-state index contributed by atoms with van der Waals surface area (Å²) in [4.78, 5) is 14.3. The minimum Gasteiger partial charge on any atom is -0.444 e. The molecule has 2 atom stereocenters. The van der Waals surface area contributed by atoms with Crippen LogP contribution in [0.5, 0.6) is 0 Å². The van der Waals surface area contributed by atoms with Gasteiger partial charge in [-0.2, -0.15) is 0 Å². The molecule has 0 spiro atoms. The summed E-state index contributed by atoms with van der Waals surface area (Å²) >= 11 is 0. The Morgan fingerprint density at radius 3 is 2.35 bits per heavy atom. The Morgan fingerprint density at radius 2 is 1.94 bits per heavy atom. The van der Waals surface area contributed by atoms with E-state index in [2.05, 4.69) is 24.5 Å². The second-order valence-electron chi connectivity index (χ2n) is 7.50. The van der Waals surface area contributed by atoms with E-state index in [9.17, 15) is 4.79 Å². The summed E-state index contributed by atoms with van der Waals surface area (Å²) in [6.45, 7) is 13.8. The van der Waals surface area contributed by atoms with Gasteiger partial charge in [0.05, 0.1) is 8.07 Å². The standard InChI is InChI=1S/C13H25NO2Si/c1-12(2,3)16-11(15)14-8-7-10-9-13(10,14)17(4,5)6/h10H,7-9H2,1-6H3. The molecule has 0 aromatic heterocycles. The lowest BCUT2D eigenvalue weighted by Gasteiger charge is -2.38. The first kappa shape index (κ1) is 12.9. The maximum Gasteiger partial charge on any atom is 0.410 e. The number of nitrogens with zero attached hydrogens (tertiary/aromatic N) is 1. The lowest BCUT2D eigenvalue weighted by molar-refractivity contribution is 0.0230. The smallest absolute Gasteiger partial charge is 0.410 e. The zero-order valence-electron chi connectivity index (χ0n) is 12.0. The molecule has 4 heteroatoms. The molecule has 98 valence electrons. The van der Waals surface area contributed by atoms with Gasteiger partial charge >= 0.3 is 6.09 Å². The number of hydrogen-bond acceptors (Lipinski definition) is 2. The Kier molecular flexibility index (Phi) is 2.66. The van der Waals surface area contributed by atoms with Crippen molar-refractivity contribution >= 4 is 14.2 Å². The molecule has 1 amide bonds. The Morgan fingerprint density at radius 1 is 1.35 bits per heavy atom. The zero-order chi connectivity index (χ0) is 13.1. The van der Waals surface area contributed by atoms with Crippen molar-refractivity contribution in [1.29, 1.82) is 0 Å². The number of amides is 1. The fraction of sp³-hybridized carbons (Fsp3) is 0.923. The van der Waals surface area contributed by atoms with Crippen LogP contribution in [0.1, 0.15) is 33.6 Å². The van der Waals surface area contributed by atoms with Crippen LogP contribution in [-0.4, -0.2) is 36.4 Å². The molecular weight excluding hydrogens is 230 g/mol. The Hall–Kier alpha value is -0.513. The maximum absolute atomic E-state index is 12.3. The van der Waals surface area contributed by atoms with Crippen molar-refractivity contribution in [3.63, 3.8) is 0 Å². The monoisotopic (exact) mass is 255 g/mol. The predicted molar refractivity (Wildman–Crippen MR) is 71.7 cm³/mol. The van der Waals surface area contributed by atoms with Crippen molar-refractivity contribution in [2.75, 3.05) is 6.54 Å². The highest BCUT2D eigenvalue weighted by Crippen LogP contribution is 2.60. The lowest BCUT2D eigenvalue weighted by Crippen LogP contribution is -2.55. The van der Waals surface area contributed by atoms with Gasteiger partial charge in [-0.15, -0.1) is 0 Å². The molecule has 0 N–H and O–H groups in total. The van der Waals surface area contributed by atoms with Crippen LogP contribution < -0.4 is 0 Å². The average molecular weight is 255 g/mol. The van der Waals surface area contributed by atoms with Crippen molar-refractivity contribution in [2.45, 2.75) is 64.0 Å². The van der Waals surface area contributed by atoms with Crippen molar-refractivity contribution < 1.29 is 9.53 Å². The summed E-state index contributed by atoms with van der Waals surface area (Å²) in [6, 6.07) is 0. The first-order chi connectivity index (χ1) is 7.58. The normalized spacial score (nSPS) is 32.4. The number of carbonyl (C=O) groups excluding carboxylic acids is 1. The van der Waals surface area contributed by atoms with Gasteiger partial charge in [-0.3, -0.25) is 0 Å². The second kappa shape index (κ2) is 3.50. The van der Waals surface area contributed by atoms with Crippen LogP contribution in [-0.2, 0) is 4.74 Å². The molecule has 1 aliphatic heterocycles. The molecular formula is C13H25NO2Si. The van der Waals surface area contributed by atoms with Gasteiger partial charge in [-0.05, 0) is 39.5 Å². The fourth-order valence-corrected chi connectivity index (χ4v) is 6.61. The number of carbonyl (C=O) groups is 1. The van der Waals surface area contributed by atoms with Crippen molar-refractivity contribution in [2.24, 2.45) is 5.92 Å². The molecule has 1 heterocycles.